The first-order valence-corrected chi connectivity index (χ1v) is 8.07. The number of aromatic nitrogens is 6. The zero-order chi connectivity index (χ0) is 15.9. The Balaban J connectivity index is 1.51. The molecule has 0 aliphatic rings. The van der Waals surface area contributed by atoms with Crippen LogP contribution in [0.1, 0.15) is 18.1 Å². The second-order valence-electron chi connectivity index (χ2n) is 4.61. The maximum absolute atomic E-state index is 4.31. The highest BCUT2D eigenvalue weighted by Crippen LogP contribution is 2.19. The second-order valence-corrected chi connectivity index (χ2v) is 5.55. The molecule has 3 rings (SSSR count). The molecule has 3 heterocycles. The van der Waals surface area contributed by atoms with Gasteiger partial charge in [0.05, 0.1) is 12.4 Å². The van der Waals surface area contributed by atoms with Crippen LogP contribution in [0.3, 0.4) is 0 Å². The highest BCUT2D eigenvalue weighted by molar-refractivity contribution is 7.98. The van der Waals surface area contributed by atoms with E-state index in [4.69, 9.17) is 0 Å². The highest BCUT2D eigenvalue weighted by Gasteiger charge is 2.03. The van der Waals surface area contributed by atoms with Gasteiger partial charge in [0, 0.05) is 36.5 Å². The molecule has 2 N–H and O–H groups in total. The molecule has 23 heavy (non-hydrogen) atoms. The molecule has 0 atom stereocenters. The average Bonchev–Trinajstić information content (AvgIpc) is 3.23. The van der Waals surface area contributed by atoms with Gasteiger partial charge < -0.3 is 0 Å². The topological polar surface area (TPSA) is 96.7 Å². The number of nitrogens with zero attached hydrogens (tertiary/aromatic N) is 6. The van der Waals surface area contributed by atoms with Gasteiger partial charge in [0.2, 0.25) is 11.1 Å². The fraction of sp³-hybridized carbons (Fsp3) is 0.214. The Labute approximate surface area is 137 Å². The normalized spacial score (nSPS) is 11.2. The van der Waals surface area contributed by atoms with Gasteiger partial charge in [-0.1, -0.05) is 11.8 Å². The van der Waals surface area contributed by atoms with Crippen molar-refractivity contribution in [1.29, 1.82) is 0 Å². The van der Waals surface area contributed by atoms with Gasteiger partial charge in [-0.2, -0.15) is 15.2 Å². The fourth-order valence-electron chi connectivity index (χ4n) is 1.77. The van der Waals surface area contributed by atoms with Crippen molar-refractivity contribution in [2.75, 3.05) is 5.43 Å². The van der Waals surface area contributed by atoms with Crippen LogP contribution in [0.4, 0.5) is 5.95 Å². The van der Waals surface area contributed by atoms with Crippen LogP contribution in [-0.4, -0.2) is 36.2 Å². The number of thioether (sulfide) groups is 1. The molecule has 0 amide bonds. The summed E-state index contributed by atoms with van der Waals surface area (Å²) in [5.74, 6) is 1.29. The Bertz CT molecular complexity index is 764. The third kappa shape index (κ3) is 4.39. The van der Waals surface area contributed by atoms with E-state index in [1.54, 1.807) is 36.6 Å². The van der Waals surface area contributed by atoms with Crippen molar-refractivity contribution in [2.24, 2.45) is 5.10 Å². The summed E-state index contributed by atoms with van der Waals surface area (Å²) in [6, 6.07) is 3.94. The van der Waals surface area contributed by atoms with Crippen molar-refractivity contribution >= 4 is 23.9 Å². The molecule has 0 fully saturated rings. The van der Waals surface area contributed by atoms with Gasteiger partial charge in [-0.05, 0) is 24.6 Å². The van der Waals surface area contributed by atoms with Crippen LogP contribution >= 0.6 is 11.8 Å². The van der Waals surface area contributed by atoms with Crippen LogP contribution in [0.25, 0.3) is 0 Å². The van der Waals surface area contributed by atoms with E-state index >= 15 is 0 Å². The van der Waals surface area contributed by atoms with Crippen molar-refractivity contribution in [3.8, 4) is 0 Å². The first kappa shape index (κ1) is 15.2. The number of H-pyrrole nitrogens is 1. The number of hydrogen-bond donors (Lipinski definition) is 2. The number of aryl methyl sites for hydroxylation is 1. The minimum absolute atomic E-state index is 0.501. The Morgan fingerprint density at radius 1 is 1.39 bits per heavy atom. The molecule has 0 aromatic carbocycles. The molecule has 0 saturated heterocycles. The van der Waals surface area contributed by atoms with E-state index in [2.05, 4.69) is 35.8 Å². The fourth-order valence-corrected chi connectivity index (χ4v) is 2.53. The lowest BCUT2D eigenvalue weighted by Gasteiger charge is -1.96. The van der Waals surface area contributed by atoms with Crippen molar-refractivity contribution in [3.63, 3.8) is 0 Å². The summed E-state index contributed by atoms with van der Waals surface area (Å²) in [4.78, 5) is 8.30. The van der Waals surface area contributed by atoms with E-state index in [0.717, 1.165) is 17.9 Å². The lowest BCUT2D eigenvalue weighted by molar-refractivity contribution is 0.660. The molecule has 118 valence electrons. The van der Waals surface area contributed by atoms with E-state index in [1.807, 2.05) is 29.9 Å². The molecule has 8 nitrogen and oxygen atoms in total. The summed E-state index contributed by atoms with van der Waals surface area (Å²) < 4.78 is 1.84. The van der Waals surface area contributed by atoms with Crippen LogP contribution < -0.4 is 5.43 Å². The van der Waals surface area contributed by atoms with Gasteiger partial charge in [-0.25, -0.2) is 10.5 Å². The summed E-state index contributed by atoms with van der Waals surface area (Å²) in [6.45, 7) is 2.87. The zero-order valence-electron chi connectivity index (χ0n) is 12.5. The molecule has 0 bridgehead atoms. The maximum Gasteiger partial charge on any atom is 0.240 e. The quantitative estimate of drug-likeness (QED) is 0.392. The molecule has 0 saturated carbocycles. The Hall–Kier alpha value is -2.68. The first-order valence-electron chi connectivity index (χ1n) is 7.09. The molecule has 9 heteroatoms. The minimum Gasteiger partial charge on any atom is -0.272 e. The lowest BCUT2D eigenvalue weighted by atomic mass is 10.3. The Morgan fingerprint density at radius 2 is 2.26 bits per heavy atom. The third-order valence-corrected chi connectivity index (χ3v) is 3.86. The zero-order valence-corrected chi connectivity index (χ0v) is 13.4. The number of rotatable bonds is 7. The Morgan fingerprint density at radius 3 is 3.04 bits per heavy atom. The molecule has 3 aromatic heterocycles. The van der Waals surface area contributed by atoms with Crippen molar-refractivity contribution in [1.82, 2.24) is 29.9 Å². The molecule has 0 radical (unpaired) electrons. The number of anilines is 1. The largest absolute Gasteiger partial charge is 0.272 e. The first-order chi connectivity index (χ1) is 11.3. The van der Waals surface area contributed by atoms with Crippen LogP contribution in [-0.2, 0) is 12.3 Å². The highest BCUT2D eigenvalue weighted by atomic mass is 32.2. The van der Waals surface area contributed by atoms with Gasteiger partial charge in [0.25, 0.3) is 0 Å². The average molecular weight is 328 g/mol. The predicted molar refractivity (Wildman–Crippen MR) is 89.3 cm³/mol. The second kappa shape index (κ2) is 7.54. The number of hydrogen-bond acceptors (Lipinski definition) is 7. The SMILES string of the molecule is CCn1cc(/C=N\Nc2nc(SCc3ccncc3)n[nH]2)cn1. The van der Waals surface area contributed by atoms with E-state index in [9.17, 15) is 0 Å². The smallest absolute Gasteiger partial charge is 0.240 e. The molecule has 0 unspecified atom stereocenters. The summed E-state index contributed by atoms with van der Waals surface area (Å²) in [5, 5.41) is 15.9. The minimum atomic E-state index is 0.501. The van der Waals surface area contributed by atoms with Crippen molar-refractivity contribution in [2.45, 2.75) is 24.4 Å². The molecule has 0 aliphatic carbocycles. The van der Waals surface area contributed by atoms with E-state index < -0.39 is 0 Å². The van der Waals surface area contributed by atoms with Gasteiger partial charge in [0.15, 0.2) is 0 Å². The van der Waals surface area contributed by atoms with Crippen LogP contribution in [0, 0.1) is 0 Å². The molecular weight excluding hydrogens is 312 g/mol. The van der Waals surface area contributed by atoms with E-state index in [0.29, 0.717) is 11.1 Å². The molecule has 3 aromatic rings. The predicted octanol–water partition coefficient (Wildman–Crippen LogP) is 2.15. The lowest BCUT2D eigenvalue weighted by Crippen LogP contribution is -1.93. The van der Waals surface area contributed by atoms with E-state index in [-0.39, 0.29) is 0 Å². The van der Waals surface area contributed by atoms with Crippen molar-refractivity contribution < 1.29 is 0 Å². The maximum atomic E-state index is 4.31. The van der Waals surface area contributed by atoms with Crippen LogP contribution in [0.5, 0.6) is 0 Å². The number of pyridine rings is 1. The summed E-state index contributed by atoms with van der Waals surface area (Å²) in [6.07, 6.45) is 8.91. The number of aromatic amines is 1. The van der Waals surface area contributed by atoms with Gasteiger partial charge in [0.1, 0.15) is 0 Å². The number of hydrazone groups is 1. The molecular formula is C14H16N8S. The third-order valence-electron chi connectivity index (χ3n) is 2.94. The summed E-state index contributed by atoms with van der Waals surface area (Å²) >= 11 is 1.54. The molecule has 0 spiro atoms. The van der Waals surface area contributed by atoms with Gasteiger partial charge in [-0.3, -0.25) is 9.67 Å². The summed E-state index contributed by atoms with van der Waals surface area (Å²) in [5.41, 5.74) is 4.92. The molecule has 0 aliphatic heterocycles. The van der Waals surface area contributed by atoms with Crippen LogP contribution in [0.15, 0.2) is 47.2 Å². The van der Waals surface area contributed by atoms with E-state index in [1.165, 1.54) is 5.56 Å². The summed E-state index contributed by atoms with van der Waals surface area (Å²) in [7, 11) is 0. The standard InChI is InChI=1S/C14H16N8S/c1-2-22-9-12(8-17-22)7-16-19-13-18-14(21-20-13)23-10-11-3-5-15-6-4-11/h3-9H,2,10H2,1H3,(H2,18,19,20,21)/b16-7-. The number of nitrogens with one attached hydrogen (secondary N) is 2. The Kier molecular flexibility index (Phi) is 4.99. The van der Waals surface area contributed by atoms with Crippen LogP contribution in [0.2, 0.25) is 0 Å². The van der Waals surface area contributed by atoms with Gasteiger partial charge >= 0.3 is 0 Å². The van der Waals surface area contributed by atoms with Gasteiger partial charge in [-0.15, -0.1) is 5.10 Å². The van der Waals surface area contributed by atoms with Crippen molar-refractivity contribution in [3.05, 3.63) is 48.0 Å². The monoisotopic (exact) mass is 328 g/mol.